The Labute approximate surface area is 158 Å². The molecule has 6 heteroatoms. The molecule has 1 aliphatic carbocycles. The standard InChI is InChI=1S/C20H27FN2O2S/c1-2-7-18(24)23-17(19(25)22-16-10-4-3-5-11-16)13-26-20(23)14-8-6-9-15(21)12-14/h6,8-9,12,16-17,20H,2-5,7,10-11,13H2,1H3,(H,22,25). The second-order valence-electron chi connectivity index (χ2n) is 7.15. The predicted molar refractivity (Wildman–Crippen MR) is 102 cm³/mol. The Hall–Kier alpha value is -1.56. The van der Waals surface area contributed by atoms with E-state index in [0.717, 1.165) is 37.7 Å². The lowest BCUT2D eigenvalue weighted by molar-refractivity contribution is -0.140. The summed E-state index contributed by atoms with van der Waals surface area (Å²) in [7, 11) is 0. The molecule has 1 saturated carbocycles. The quantitative estimate of drug-likeness (QED) is 0.842. The molecule has 1 aliphatic heterocycles. The molecule has 1 N–H and O–H groups in total. The van der Waals surface area contributed by atoms with Crippen molar-refractivity contribution in [3.05, 3.63) is 35.6 Å². The van der Waals surface area contributed by atoms with Crippen molar-refractivity contribution in [1.29, 1.82) is 0 Å². The summed E-state index contributed by atoms with van der Waals surface area (Å²) in [6, 6.07) is 6.09. The number of nitrogens with zero attached hydrogens (tertiary/aromatic N) is 1. The highest BCUT2D eigenvalue weighted by Crippen LogP contribution is 2.42. The van der Waals surface area contributed by atoms with Gasteiger partial charge in [-0.2, -0.15) is 0 Å². The number of rotatable bonds is 5. The third-order valence-electron chi connectivity index (χ3n) is 5.14. The largest absolute Gasteiger partial charge is 0.352 e. The molecule has 1 aromatic rings. The van der Waals surface area contributed by atoms with Crippen molar-refractivity contribution < 1.29 is 14.0 Å². The first kappa shape index (κ1) is 19.2. The molecule has 2 amide bonds. The zero-order valence-corrected chi connectivity index (χ0v) is 16.1. The molecule has 0 radical (unpaired) electrons. The maximum absolute atomic E-state index is 13.7. The second kappa shape index (κ2) is 8.89. The Morgan fingerprint density at radius 1 is 1.27 bits per heavy atom. The van der Waals surface area contributed by atoms with Gasteiger partial charge in [-0.15, -0.1) is 11.8 Å². The lowest BCUT2D eigenvalue weighted by Crippen LogP contribution is -2.50. The molecule has 2 aliphatic rings. The van der Waals surface area contributed by atoms with E-state index in [9.17, 15) is 14.0 Å². The number of carbonyl (C=O) groups excluding carboxylic acids is 2. The molecule has 1 aromatic carbocycles. The minimum atomic E-state index is -0.478. The van der Waals surface area contributed by atoms with E-state index in [0.29, 0.717) is 12.2 Å². The van der Waals surface area contributed by atoms with Gasteiger partial charge in [0.25, 0.3) is 0 Å². The van der Waals surface area contributed by atoms with E-state index < -0.39 is 6.04 Å². The van der Waals surface area contributed by atoms with Gasteiger partial charge >= 0.3 is 0 Å². The molecule has 0 bridgehead atoms. The number of hydrogen-bond acceptors (Lipinski definition) is 3. The van der Waals surface area contributed by atoms with Crippen LogP contribution in [0.4, 0.5) is 4.39 Å². The highest BCUT2D eigenvalue weighted by Gasteiger charge is 2.42. The van der Waals surface area contributed by atoms with Gasteiger partial charge in [-0.05, 0) is 37.0 Å². The van der Waals surface area contributed by atoms with Crippen LogP contribution < -0.4 is 5.32 Å². The fourth-order valence-corrected chi connectivity index (χ4v) is 5.26. The van der Waals surface area contributed by atoms with E-state index in [1.807, 2.05) is 13.0 Å². The number of amides is 2. The molecule has 142 valence electrons. The Balaban J connectivity index is 1.77. The van der Waals surface area contributed by atoms with Crippen LogP contribution in [-0.4, -0.2) is 34.6 Å². The highest BCUT2D eigenvalue weighted by molar-refractivity contribution is 7.99. The normalized spacial score (nSPS) is 23.8. The molecular weight excluding hydrogens is 351 g/mol. The smallest absolute Gasteiger partial charge is 0.243 e. The van der Waals surface area contributed by atoms with Gasteiger partial charge in [-0.25, -0.2) is 4.39 Å². The minimum Gasteiger partial charge on any atom is -0.352 e. The molecule has 3 rings (SSSR count). The summed E-state index contributed by atoms with van der Waals surface area (Å²) in [5, 5.41) is 2.85. The number of hydrogen-bond donors (Lipinski definition) is 1. The van der Waals surface area contributed by atoms with Crippen molar-refractivity contribution in [1.82, 2.24) is 10.2 Å². The van der Waals surface area contributed by atoms with Gasteiger partial charge in [0.2, 0.25) is 11.8 Å². The summed E-state index contributed by atoms with van der Waals surface area (Å²) >= 11 is 1.54. The van der Waals surface area contributed by atoms with Gasteiger partial charge in [0.1, 0.15) is 17.2 Å². The molecule has 2 unspecified atom stereocenters. The number of halogens is 1. The lowest BCUT2D eigenvalue weighted by atomic mass is 9.95. The fourth-order valence-electron chi connectivity index (χ4n) is 3.82. The summed E-state index contributed by atoms with van der Waals surface area (Å²) in [6.45, 7) is 1.95. The average molecular weight is 379 g/mol. The topological polar surface area (TPSA) is 49.4 Å². The molecular formula is C20H27FN2O2S. The van der Waals surface area contributed by atoms with Crippen LogP contribution in [0.1, 0.15) is 62.8 Å². The van der Waals surface area contributed by atoms with E-state index in [4.69, 9.17) is 0 Å². The summed E-state index contributed by atoms with van der Waals surface area (Å²) in [6.07, 6.45) is 6.69. The molecule has 0 spiro atoms. The van der Waals surface area contributed by atoms with Crippen molar-refractivity contribution in [3.63, 3.8) is 0 Å². The maximum Gasteiger partial charge on any atom is 0.243 e. The third-order valence-corrected chi connectivity index (χ3v) is 6.46. The van der Waals surface area contributed by atoms with Crippen molar-refractivity contribution in [2.24, 2.45) is 0 Å². The van der Waals surface area contributed by atoms with Crippen LogP contribution in [0.25, 0.3) is 0 Å². The molecule has 2 fully saturated rings. The monoisotopic (exact) mass is 378 g/mol. The minimum absolute atomic E-state index is 0.0319. The Bertz CT molecular complexity index is 648. The SMILES string of the molecule is CCCC(=O)N1C(C(=O)NC2CCCCC2)CSC1c1cccc(F)c1. The van der Waals surface area contributed by atoms with Crippen LogP contribution in [0.15, 0.2) is 24.3 Å². The molecule has 26 heavy (non-hydrogen) atoms. The zero-order valence-electron chi connectivity index (χ0n) is 15.2. The van der Waals surface area contributed by atoms with Crippen LogP contribution in [0.5, 0.6) is 0 Å². The van der Waals surface area contributed by atoms with Gasteiger partial charge in [-0.1, -0.05) is 38.3 Å². The Morgan fingerprint density at radius 2 is 2.04 bits per heavy atom. The van der Waals surface area contributed by atoms with Crippen LogP contribution in [0.3, 0.4) is 0 Å². The van der Waals surface area contributed by atoms with Gasteiger partial charge in [0, 0.05) is 18.2 Å². The predicted octanol–water partition coefficient (Wildman–Crippen LogP) is 4.02. The average Bonchev–Trinajstić information content (AvgIpc) is 3.08. The van der Waals surface area contributed by atoms with Gasteiger partial charge < -0.3 is 10.2 Å². The first-order chi connectivity index (χ1) is 12.6. The van der Waals surface area contributed by atoms with Gasteiger partial charge in [0.05, 0.1) is 0 Å². The fraction of sp³-hybridized carbons (Fsp3) is 0.600. The van der Waals surface area contributed by atoms with Crippen molar-refractivity contribution in [2.45, 2.75) is 69.3 Å². The van der Waals surface area contributed by atoms with E-state index in [1.165, 1.54) is 18.6 Å². The van der Waals surface area contributed by atoms with E-state index in [2.05, 4.69) is 5.32 Å². The van der Waals surface area contributed by atoms with E-state index in [-0.39, 0.29) is 29.0 Å². The summed E-state index contributed by atoms with van der Waals surface area (Å²) < 4.78 is 13.7. The van der Waals surface area contributed by atoms with E-state index >= 15 is 0 Å². The highest BCUT2D eigenvalue weighted by atomic mass is 32.2. The number of benzene rings is 1. The van der Waals surface area contributed by atoms with Crippen LogP contribution in [-0.2, 0) is 9.59 Å². The number of nitrogens with one attached hydrogen (secondary N) is 1. The van der Waals surface area contributed by atoms with E-state index in [1.54, 1.807) is 22.7 Å². The van der Waals surface area contributed by atoms with Crippen LogP contribution in [0, 0.1) is 5.82 Å². The third kappa shape index (κ3) is 4.40. The summed E-state index contributed by atoms with van der Waals surface area (Å²) in [4.78, 5) is 27.3. The van der Waals surface area contributed by atoms with Gasteiger partial charge in [-0.3, -0.25) is 9.59 Å². The zero-order chi connectivity index (χ0) is 18.5. The van der Waals surface area contributed by atoms with Crippen LogP contribution >= 0.6 is 11.8 Å². The number of carbonyl (C=O) groups is 2. The van der Waals surface area contributed by atoms with Crippen molar-refractivity contribution >= 4 is 23.6 Å². The van der Waals surface area contributed by atoms with Crippen molar-refractivity contribution in [3.8, 4) is 0 Å². The lowest BCUT2D eigenvalue weighted by Gasteiger charge is -2.31. The summed E-state index contributed by atoms with van der Waals surface area (Å²) in [5.41, 5.74) is 0.743. The molecule has 2 atom stereocenters. The van der Waals surface area contributed by atoms with Crippen molar-refractivity contribution in [2.75, 3.05) is 5.75 Å². The Morgan fingerprint density at radius 3 is 2.73 bits per heavy atom. The second-order valence-corrected chi connectivity index (χ2v) is 8.26. The molecule has 0 aromatic heterocycles. The molecule has 4 nitrogen and oxygen atoms in total. The first-order valence-electron chi connectivity index (χ1n) is 9.58. The maximum atomic E-state index is 13.7. The number of thioether (sulfide) groups is 1. The van der Waals surface area contributed by atoms with Gasteiger partial charge in [0.15, 0.2) is 0 Å². The van der Waals surface area contributed by atoms with Crippen LogP contribution in [0.2, 0.25) is 0 Å². The molecule has 1 saturated heterocycles. The summed E-state index contributed by atoms with van der Waals surface area (Å²) in [5.74, 6) is 0.138. The Kier molecular flexibility index (Phi) is 6.57. The molecule has 1 heterocycles. The first-order valence-corrected chi connectivity index (χ1v) is 10.6.